The Hall–Kier alpha value is -4.04. The van der Waals surface area contributed by atoms with Gasteiger partial charge in [-0.05, 0) is 36.2 Å². The van der Waals surface area contributed by atoms with Crippen LogP contribution in [0.15, 0.2) is 36.4 Å². The number of sulfonamides is 1. The quantitative estimate of drug-likeness (QED) is 0.438. The minimum Gasteiger partial charge on any atom is -0.496 e. The molecule has 0 radical (unpaired) electrons. The lowest BCUT2D eigenvalue weighted by Crippen LogP contribution is -2.59. The zero-order valence-corrected chi connectivity index (χ0v) is 24.6. The highest BCUT2D eigenvalue weighted by molar-refractivity contribution is 7.88. The number of nitrogens with zero attached hydrogens (tertiary/aromatic N) is 1. The molecular formula is C28H36N4O9S. The molecule has 0 spiro atoms. The molecule has 1 fully saturated rings. The normalized spacial score (nSPS) is 19.9. The van der Waals surface area contributed by atoms with Crippen LogP contribution >= 0.6 is 0 Å². The number of carbonyl (C=O) groups excluding carboxylic acids is 3. The molecule has 5 rings (SSSR count). The molecule has 42 heavy (non-hydrogen) atoms. The summed E-state index contributed by atoms with van der Waals surface area (Å²) in [5.74, 6) is 0.794. The molecule has 3 amide bonds. The Morgan fingerprint density at radius 2 is 1.86 bits per heavy atom. The predicted octanol–water partition coefficient (Wildman–Crippen LogP) is 0.359. The monoisotopic (exact) mass is 604 g/mol. The Kier molecular flexibility index (Phi) is 10.1. The largest absolute Gasteiger partial charge is 0.496 e. The van der Waals surface area contributed by atoms with Crippen LogP contribution in [0, 0.1) is 0 Å². The molecule has 2 aromatic rings. The van der Waals surface area contributed by atoms with Gasteiger partial charge in [0.1, 0.15) is 17.6 Å². The maximum atomic E-state index is 13.1. The highest BCUT2D eigenvalue weighted by atomic mass is 32.2. The predicted molar refractivity (Wildman–Crippen MR) is 152 cm³/mol. The molecule has 228 valence electrons. The molecule has 2 atom stereocenters. The van der Waals surface area contributed by atoms with Crippen LogP contribution in [0.2, 0.25) is 0 Å². The number of amides is 3. The highest BCUT2D eigenvalue weighted by Gasteiger charge is 2.34. The molecule has 2 aromatic carbocycles. The van der Waals surface area contributed by atoms with Crippen LogP contribution in [0.25, 0.3) is 0 Å². The lowest BCUT2D eigenvalue weighted by atomic mass is 10.0. The third-order valence-corrected chi connectivity index (χ3v) is 7.65. The number of ether oxygens (including phenoxy) is 4. The molecule has 1 saturated heterocycles. The number of fused-ring (bicyclic) bond motifs is 9. The van der Waals surface area contributed by atoms with E-state index < -0.39 is 34.0 Å². The Bertz CT molecular complexity index is 1420. The van der Waals surface area contributed by atoms with Crippen LogP contribution in [0.3, 0.4) is 0 Å². The molecule has 4 bridgehead atoms. The van der Waals surface area contributed by atoms with Gasteiger partial charge in [-0.25, -0.2) is 13.1 Å². The van der Waals surface area contributed by atoms with Crippen molar-refractivity contribution in [2.45, 2.75) is 38.0 Å². The van der Waals surface area contributed by atoms with Gasteiger partial charge in [0.25, 0.3) is 5.91 Å². The molecule has 3 N–H and O–H groups in total. The molecule has 0 aliphatic carbocycles. The maximum Gasteiger partial charge on any atom is 0.258 e. The van der Waals surface area contributed by atoms with Crippen LogP contribution in [-0.2, 0) is 37.4 Å². The molecule has 0 unspecified atom stereocenters. The van der Waals surface area contributed by atoms with Crippen molar-refractivity contribution in [2.75, 3.05) is 46.7 Å². The third kappa shape index (κ3) is 8.49. The first-order chi connectivity index (χ1) is 20.0. The van der Waals surface area contributed by atoms with Gasteiger partial charge in [0.15, 0.2) is 18.1 Å². The Labute approximate surface area is 244 Å². The van der Waals surface area contributed by atoms with E-state index in [9.17, 15) is 22.8 Å². The first kappa shape index (κ1) is 30.9. The topological polar surface area (TPSA) is 162 Å². The second-order valence-corrected chi connectivity index (χ2v) is 11.9. The van der Waals surface area contributed by atoms with Gasteiger partial charge in [-0.3, -0.25) is 14.4 Å². The summed E-state index contributed by atoms with van der Waals surface area (Å²) in [7, 11) is -0.536. The number of aryl methyl sites for hydroxylation is 1. The van der Waals surface area contributed by atoms with Crippen molar-refractivity contribution >= 4 is 27.7 Å². The fourth-order valence-electron chi connectivity index (χ4n) is 4.78. The van der Waals surface area contributed by atoms with Gasteiger partial charge < -0.3 is 34.5 Å². The van der Waals surface area contributed by atoms with Gasteiger partial charge in [0.05, 0.1) is 33.1 Å². The molecule has 3 aliphatic rings. The third-order valence-electron chi connectivity index (χ3n) is 6.98. The van der Waals surface area contributed by atoms with Crippen molar-refractivity contribution in [3.63, 3.8) is 0 Å². The zero-order chi connectivity index (χ0) is 30.3. The molecule has 0 aromatic heterocycles. The van der Waals surface area contributed by atoms with Gasteiger partial charge in [-0.2, -0.15) is 0 Å². The summed E-state index contributed by atoms with van der Waals surface area (Å²) in [4.78, 5) is 39.9. The average Bonchev–Trinajstić information content (AvgIpc) is 2.97. The number of methoxy groups -OCH3 is 2. The number of piperidine rings is 1. The zero-order valence-electron chi connectivity index (χ0n) is 23.8. The van der Waals surface area contributed by atoms with E-state index in [0.717, 1.165) is 17.4 Å². The average molecular weight is 605 g/mol. The van der Waals surface area contributed by atoms with Gasteiger partial charge in [0.2, 0.25) is 21.8 Å². The van der Waals surface area contributed by atoms with E-state index in [4.69, 9.17) is 18.9 Å². The maximum absolute atomic E-state index is 13.1. The van der Waals surface area contributed by atoms with E-state index in [-0.39, 0.29) is 38.6 Å². The molecule has 0 saturated carbocycles. The standard InChI is InChI=1S/C28H36N4O9S/c1-38-23-8-4-18-5-9-26(33)29-14-19-6-7-20(13-24(19)39-2)41-22-10-11-32(28(35)15-30-42(3,36)37)16-21(22)31-27(34)17-40-25(23)12-18/h4,6-8,12-13,21-22,30H,5,9-11,14-17H2,1-3H3,(H,29,33)(H,31,34)/t21-,22+/m1/s1. The van der Waals surface area contributed by atoms with E-state index in [0.29, 0.717) is 42.4 Å². The number of hydrogen-bond donors (Lipinski definition) is 3. The van der Waals surface area contributed by atoms with Gasteiger partial charge in [-0.1, -0.05) is 6.07 Å². The molecular weight excluding hydrogens is 568 g/mol. The summed E-state index contributed by atoms with van der Waals surface area (Å²) in [6, 6.07) is 9.92. The van der Waals surface area contributed by atoms with Crippen molar-refractivity contribution < 1.29 is 41.7 Å². The minimum absolute atomic E-state index is 0.0980. The lowest BCUT2D eigenvalue weighted by molar-refractivity contribution is -0.134. The summed E-state index contributed by atoms with van der Waals surface area (Å²) in [6.07, 6.45) is 1.52. The summed E-state index contributed by atoms with van der Waals surface area (Å²) in [5.41, 5.74) is 1.60. The van der Waals surface area contributed by atoms with Crippen molar-refractivity contribution in [1.29, 1.82) is 0 Å². The Balaban J connectivity index is 1.59. The minimum atomic E-state index is -3.55. The fraction of sp³-hybridized carbons (Fsp3) is 0.464. The van der Waals surface area contributed by atoms with E-state index in [1.807, 2.05) is 6.07 Å². The fourth-order valence-corrected chi connectivity index (χ4v) is 5.17. The van der Waals surface area contributed by atoms with E-state index in [2.05, 4.69) is 15.4 Å². The summed E-state index contributed by atoms with van der Waals surface area (Å²) in [6.45, 7) is -0.0706. The van der Waals surface area contributed by atoms with Gasteiger partial charge >= 0.3 is 0 Å². The summed E-state index contributed by atoms with van der Waals surface area (Å²) < 4.78 is 48.2. The van der Waals surface area contributed by atoms with Crippen molar-refractivity contribution in [3.05, 3.63) is 47.5 Å². The highest BCUT2D eigenvalue weighted by Crippen LogP contribution is 2.30. The van der Waals surface area contributed by atoms with Crippen molar-refractivity contribution in [1.82, 2.24) is 20.3 Å². The number of likely N-dealkylation sites (tertiary alicyclic amines) is 1. The van der Waals surface area contributed by atoms with Crippen molar-refractivity contribution in [2.24, 2.45) is 0 Å². The number of nitrogens with one attached hydrogen (secondary N) is 3. The van der Waals surface area contributed by atoms with Gasteiger partial charge in [-0.15, -0.1) is 0 Å². The van der Waals surface area contributed by atoms with E-state index in [1.54, 1.807) is 30.3 Å². The van der Waals surface area contributed by atoms with Crippen LogP contribution in [0.4, 0.5) is 0 Å². The number of carbonyl (C=O) groups is 3. The Morgan fingerprint density at radius 1 is 1.07 bits per heavy atom. The van der Waals surface area contributed by atoms with Crippen LogP contribution in [0.1, 0.15) is 24.0 Å². The Morgan fingerprint density at radius 3 is 2.60 bits per heavy atom. The molecule has 13 nitrogen and oxygen atoms in total. The van der Waals surface area contributed by atoms with Crippen LogP contribution < -0.4 is 34.3 Å². The number of hydrogen-bond acceptors (Lipinski definition) is 9. The summed E-state index contributed by atoms with van der Waals surface area (Å²) in [5, 5.41) is 5.83. The van der Waals surface area contributed by atoms with Gasteiger partial charge in [0, 0.05) is 44.1 Å². The second kappa shape index (κ2) is 13.7. The SMILES string of the molecule is COc1cc2ccc1CNC(=O)CCc1ccc(OC)c(c1)OCC(=O)N[C@@H]1CN(C(=O)CNS(C)(=O)=O)CC[C@@H]1O2. The smallest absolute Gasteiger partial charge is 0.258 e. The number of rotatable bonds is 5. The van der Waals surface area contributed by atoms with Crippen molar-refractivity contribution in [3.8, 4) is 23.0 Å². The molecule has 14 heteroatoms. The second-order valence-electron chi connectivity index (χ2n) is 10.1. The lowest BCUT2D eigenvalue weighted by Gasteiger charge is -2.39. The van der Waals surface area contributed by atoms with E-state index in [1.165, 1.54) is 19.1 Å². The van der Waals surface area contributed by atoms with E-state index >= 15 is 0 Å². The van der Waals surface area contributed by atoms with Crippen LogP contribution in [-0.4, -0.2) is 89.9 Å². The first-order valence-electron chi connectivity index (χ1n) is 13.5. The number of benzene rings is 2. The first-order valence-corrected chi connectivity index (χ1v) is 15.4. The molecule has 3 heterocycles. The summed E-state index contributed by atoms with van der Waals surface area (Å²) >= 11 is 0. The van der Waals surface area contributed by atoms with Crippen LogP contribution in [0.5, 0.6) is 23.0 Å². The molecule has 3 aliphatic heterocycles.